The van der Waals surface area contributed by atoms with Gasteiger partial charge in [-0.25, -0.2) is 4.39 Å². The Hall–Kier alpha value is -1.27. The highest BCUT2D eigenvalue weighted by atomic mass is 32.2. The van der Waals surface area contributed by atoms with E-state index in [2.05, 4.69) is 11.7 Å². The first-order chi connectivity index (χ1) is 11.1. The lowest BCUT2D eigenvalue weighted by Crippen LogP contribution is -2.35. The Balaban J connectivity index is 2.16. The van der Waals surface area contributed by atoms with Crippen LogP contribution in [0.3, 0.4) is 0 Å². The molecule has 24 heavy (non-hydrogen) atoms. The maximum absolute atomic E-state index is 13.3. The number of piperidine rings is 1. The van der Waals surface area contributed by atoms with Crippen molar-refractivity contribution in [1.29, 1.82) is 0 Å². The molecule has 6 heteroatoms. The highest BCUT2D eigenvalue weighted by Gasteiger charge is 2.39. The number of halogens is 4. The number of aryl methyl sites for hydroxylation is 1. The molecule has 1 aliphatic rings. The normalized spacial score (nSPS) is 18.8. The van der Waals surface area contributed by atoms with Crippen LogP contribution in [0.2, 0.25) is 0 Å². The van der Waals surface area contributed by atoms with Crippen LogP contribution >= 0.6 is 9.39 Å². The van der Waals surface area contributed by atoms with Gasteiger partial charge in [0, 0.05) is 13.1 Å². The molecule has 1 aromatic carbocycles. The summed E-state index contributed by atoms with van der Waals surface area (Å²) in [5, 5.41) is 0. The van der Waals surface area contributed by atoms with E-state index in [0.29, 0.717) is 25.9 Å². The summed E-state index contributed by atoms with van der Waals surface area (Å²) < 4.78 is 54.0. The molecule has 0 aliphatic carbocycles. The molecule has 0 aromatic heterocycles. The van der Waals surface area contributed by atoms with Crippen molar-refractivity contribution in [3.63, 3.8) is 0 Å². The zero-order valence-electron chi connectivity index (χ0n) is 14.0. The molecule has 134 valence electrons. The van der Waals surface area contributed by atoms with Gasteiger partial charge in [0.15, 0.2) is 0 Å². The van der Waals surface area contributed by atoms with Crippen molar-refractivity contribution in [3.8, 4) is 0 Å². The summed E-state index contributed by atoms with van der Waals surface area (Å²) >= 11 is 0. The lowest BCUT2D eigenvalue weighted by Gasteiger charge is -2.38. The molecule has 0 bridgehead atoms. The van der Waals surface area contributed by atoms with Gasteiger partial charge in [-0.15, -0.1) is 0 Å². The van der Waals surface area contributed by atoms with E-state index in [1.165, 1.54) is 16.4 Å². The van der Waals surface area contributed by atoms with Gasteiger partial charge >= 0.3 is 5.51 Å². The largest absolute Gasteiger partial charge is 0.443 e. The van der Waals surface area contributed by atoms with E-state index in [9.17, 15) is 17.6 Å². The number of alkyl halides is 3. The Kier molecular flexibility index (Phi) is 5.50. The number of nitrogens with zero attached hydrogens (tertiary/aromatic N) is 1. The van der Waals surface area contributed by atoms with Crippen LogP contribution < -0.4 is 0 Å². The minimum atomic E-state index is -4.38. The SMILES string of the molecule is C=S(=C)(N1CCC(/C(=C/C)c2ccc(F)cc2C)CC1)C(F)(F)F. The second-order valence-electron chi connectivity index (χ2n) is 6.19. The lowest BCUT2D eigenvalue weighted by molar-refractivity contribution is -0.0381. The average molecular weight is 361 g/mol. The van der Waals surface area contributed by atoms with Crippen molar-refractivity contribution in [2.75, 3.05) is 13.1 Å². The molecule has 0 radical (unpaired) electrons. The topological polar surface area (TPSA) is 3.24 Å². The summed E-state index contributed by atoms with van der Waals surface area (Å²) in [5.74, 6) is 6.59. The van der Waals surface area contributed by atoms with Crippen LogP contribution in [0, 0.1) is 18.7 Å². The number of hydrogen-bond donors (Lipinski definition) is 0. The Bertz CT molecular complexity index is 724. The maximum Gasteiger partial charge on any atom is 0.443 e. The fourth-order valence-electron chi connectivity index (χ4n) is 3.22. The van der Waals surface area contributed by atoms with Crippen molar-refractivity contribution in [2.45, 2.75) is 32.2 Å². The standard InChI is InChI=1S/C18H23F4NS/c1-5-16(17-7-6-15(19)12-13(17)2)14-8-10-23(11-9-14)24(3,4)18(20,21)22/h5-7,12,14H,3-4,8-11H2,1-2H3/b16-5-. The van der Waals surface area contributed by atoms with E-state index in [-0.39, 0.29) is 11.7 Å². The average Bonchev–Trinajstić information content (AvgIpc) is 2.49. The molecule has 0 saturated carbocycles. The van der Waals surface area contributed by atoms with Crippen LogP contribution in [-0.2, 0) is 0 Å². The summed E-state index contributed by atoms with van der Waals surface area (Å²) in [6.07, 6.45) is 3.22. The predicted molar refractivity (Wildman–Crippen MR) is 97.0 cm³/mol. The number of rotatable bonds is 3. The molecule has 1 heterocycles. The third-order valence-electron chi connectivity index (χ3n) is 4.63. The van der Waals surface area contributed by atoms with Crippen molar-refractivity contribution >= 4 is 26.7 Å². The first kappa shape index (κ1) is 19.1. The fourth-order valence-corrected chi connectivity index (χ4v) is 4.43. The molecule has 0 spiro atoms. The van der Waals surface area contributed by atoms with Crippen LogP contribution in [0.1, 0.15) is 30.9 Å². The van der Waals surface area contributed by atoms with Gasteiger partial charge in [0.05, 0.1) is 0 Å². The van der Waals surface area contributed by atoms with E-state index in [1.807, 2.05) is 19.9 Å². The zero-order valence-corrected chi connectivity index (χ0v) is 14.8. The molecule has 1 saturated heterocycles. The molecule has 1 aromatic rings. The molecular weight excluding hydrogens is 338 g/mol. The van der Waals surface area contributed by atoms with E-state index in [4.69, 9.17) is 0 Å². The van der Waals surface area contributed by atoms with Gasteiger partial charge < -0.3 is 0 Å². The summed E-state index contributed by atoms with van der Waals surface area (Å²) in [6, 6.07) is 4.66. The van der Waals surface area contributed by atoms with Gasteiger partial charge in [0.1, 0.15) is 5.82 Å². The van der Waals surface area contributed by atoms with E-state index >= 15 is 0 Å². The quantitative estimate of drug-likeness (QED) is 0.518. The van der Waals surface area contributed by atoms with Gasteiger partial charge in [0.2, 0.25) is 0 Å². The number of hydrogen-bond acceptors (Lipinski definition) is 1. The smallest absolute Gasteiger partial charge is 0.255 e. The monoisotopic (exact) mass is 361 g/mol. The molecular formula is C18H23F4NS. The Morgan fingerprint density at radius 2 is 1.83 bits per heavy atom. The minimum Gasteiger partial charge on any atom is -0.255 e. The number of benzene rings is 1. The third-order valence-corrected chi connectivity index (χ3v) is 6.84. The van der Waals surface area contributed by atoms with Crippen molar-refractivity contribution in [3.05, 3.63) is 41.2 Å². The van der Waals surface area contributed by atoms with E-state index in [0.717, 1.165) is 16.7 Å². The predicted octanol–water partition coefficient (Wildman–Crippen LogP) is 5.35. The highest BCUT2D eigenvalue weighted by molar-refractivity contribution is 8.26. The van der Waals surface area contributed by atoms with Gasteiger partial charge in [-0.05, 0) is 61.4 Å². The first-order valence-electron chi connectivity index (χ1n) is 7.81. The third kappa shape index (κ3) is 3.70. The minimum absolute atomic E-state index is 0.166. The van der Waals surface area contributed by atoms with E-state index < -0.39 is 14.9 Å². The van der Waals surface area contributed by atoms with Gasteiger partial charge in [-0.1, -0.05) is 33.3 Å². The van der Waals surface area contributed by atoms with Crippen LogP contribution in [0.4, 0.5) is 17.6 Å². The number of allylic oxidation sites excluding steroid dienone is 2. The van der Waals surface area contributed by atoms with Crippen LogP contribution in [0.25, 0.3) is 5.57 Å². The highest BCUT2D eigenvalue weighted by Crippen LogP contribution is 2.47. The Morgan fingerprint density at radius 3 is 2.29 bits per heavy atom. The summed E-state index contributed by atoms with van der Waals surface area (Å²) in [7, 11) is -3.27. The van der Waals surface area contributed by atoms with Crippen molar-refractivity contribution in [1.82, 2.24) is 4.31 Å². The molecule has 1 fully saturated rings. The Morgan fingerprint density at radius 1 is 1.25 bits per heavy atom. The molecule has 0 atom stereocenters. The molecule has 1 nitrogen and oxygen atoms in total. The van der Waals surface area contributed by atoms with Gasteiger partial charge in [-0.2, -0.15) is 13.2 Å². The second kappa shape index (κ2) is 6.92. The van der Waals surface area contributed by atoms with Crippen molar-refractivity contribution in [2.24, 2.45) is 5.92 Å². The Labute approximate surface area is 141 Å². The molecule has 1 aliphatic heterocycles. The zero-order chi connectivity index (χ0) is 18.1. The second-order valence-corrected chi connectivity index (χ2v) is 8.86. The molecule has 0 unspecified atom stereocenters. The lowest BCUT2D eigenvalue weighted by atomic mass is 9.84. The summed E-state index contributed by atoms with van der Waals surface area (Å²) in [4.78, 5) is 0. The van der Waals surface area contributed by atoms with Gasteiger partial charge in [-0.3, -0.25) is 4.31 Å². The van der Waals surface area contributed by atoms with E-state index in [1.54, 1.807) is 6.07 Å². The van der Waals surface area contributed by atoms with Crippen LogP contribution in [0.5, 0.6) is 0 Å². The summed E-state index contributed by atoms with van der Waals surface area (Å²) in [5.41, 5.74) is -1.49. The maximum atomic E-state index is 13.3. The summed E-state index contributed by atoms with van der Waals surface area (Å²) in [6.45, 7) is 4.41. The fraction of sp³-hybridized carbons (Fsp3) is 0.444. The van der Waals surface area contributed by atoms with Gasteiger partial charge in [0.25, 0.3) is 0 Å². The molecule has 0 amide bonds. The van der Waals surface area contributed by atoms with Crippen LogP contribution in [-0.4, -0.2) is 34.6 Å². The van der Waals surface area contributed by atoms with Crippen molar-refractivity contribution < 1.29 is 17.6 Å². The molecule has 2 rings (SSSR count). The van der Waals surface area contributed by atoms with Crippen LogP contribution in [0.15, 0.2) is 24.3 Å². The molecule has 0 N–H and O–H groups in total. The first-order valence-corrected chi connectivity index (χ1v) is 9.74.